The van der Waals surface area contributed by atoms with Gasteiger partial charge in [-0.15, -0.1) is 0 Å². The maximum Gasteiger partial charge on any atom is 0.119 e. The van der Waals surface area contributed by atoms with Gasteiger partial charge in [0.05, 0.1) is 7.11 Å². The molecule has 0 unspecified atom stereocenters. The second-order valence-corrected chi connectivity index (χ2v) is 4.42. The van der Waals surface area contributed by atoms with E-state index in [1.165, 1.54) is 5.69 Å². The maximum absolute atomic E-state index is 5.14. The standard InChI is InChI=1S/C13H21NO/c1-6-13(2,3)14(4)11-7-9-12(15-5)10-8-11/h7-10H,6H2,1-5H3. The number of nitrogens with zero attached hydrogens (tertiary/aromatic N) is 1. The fraction of sp³-hybridized carbons (Fsp3) is 0.538. The number of methoxy groups -OCH3 is 1. The zero-order valence-corrected chi connectivity index (χ0v) is 10.4. The van der Waals surface area contributed by atoms with Gasteiger partial charge in [-0.2, -0.15) is 0 Å². The molecule has 0 spiro atoms. The molecule has 0 aliphatic rings. The van der Waals surface area contributed by atoms with Crippen LogP contribution in [0.15, 0.2) is 24.3 Å². The van der Waals surface area contributed by atoms with Crippen LogP contribution in [0, 0.1) is 0 Å². The lowest BCUT2D eigenvalue weighted by Gasteiger charge is -2.36. The normalized spacial score (nSPS) is 11.3. The van der Waals surface area contributed by atoms with Crippen molar-refractivity contribution in [1.29, 1.82) is 0 Å². The van der Waals surface area contributed by atoms with Gasteiger partial charge >= 0.3 is 0 Å². The van der Waals surface area contributed by atoms with Crippen molar-refractivity contribution in [3.05, 3.63) is 24.3 Å². The number of hydrogen-bond donors (Lipinski definition) is 0. The maximum atomic E-state index is 5.14. The lowest BCUT2D eigenvalue weighted by Crippen LogP contribution is -2.40. The van der Waals surface area contributed by atoms with E-state index in [1.807, 2.05) is 12.1 Å². The van der Waals surface area contributed by atoms with E-state index in [9.17, 15) is 0 Å². The molecule has 1 aromatic rings. The predicted molar refractivity (Wildman–Crippen MR) is 65.8 cm³/mol. The molecule has 2 nitrogen and oxygen atoms in total. The molecule has 0 aliphatic carbocycles. The molecule has 0 aromatic heterocycles. The van der Waals surface area contributed by atoms with E-state index < -0.39 is 0 Å². The van der Waals surface area contributed by atoms with Crippen molar-refractivity contribution in [2.24, 2.45) is 0 Å². The van der Waals surface area contributed by atoms with Gasteiger partial charge in [-0.3, -0.25) is 0 Å². The molecule has 84 valence electrons. The predicted octanol–water partition coefficient (Wildman–Crippen LogP) is 3.32. The molecule has 1 aromatic carbocycles. The van der Waals surface area contributed by atoms with Crippen LogP contribution in [0.25, 0.3) is 0 Å². The SMILES string of the molecule is CCC(C)(C)N(C)c1ccc(OC)cc1. The molecule has 0 atom stereocenters. The molecule has 0 saturated heterocycles. The highest BCUT2D eigenvalue weighted by Crippen LogP contribution is 2.26. The van der Waals surface area contributed by atoms with E-state index in [0.717, 1.165) is 12.2 Å². The molecule has 0 fully saturated rings. The van der Waals surface area contributed by atoms with Crippen molar-refractivity contribution in [1.82, 2.24) is 0 Å². The van der Waals surface area contributed by atoms with Crippen LogP contribution in [-0.4, -0.2) is 19.7 Å². The number of benzene rings is 1. The fourth-order valence-corrected chi connectivity index (χ4v) is 1.39. The van der Waals surface area contributed by atoms with E-state index in [2.05, 4.69) is 44.9 Å². The zero-order valence-electron chi connectivity index (χ0n) is 10.4. The van der Waals surface area contributed by atoms with Gasteiger partial charge in [-0.1, -0.05) is 6.92 Å². The second-order valence-electron chi connectivity index (χ2n) is 4.42. The van der Waals surface area contributed by atoms with Crippen LogP contribution in [0.1, 0.15) is 27.2 Å². The van der Waals surface area contributed by atoms with E-state index in [-0.39, 0.29) is 5.54 Å². The molecule has 1 rings (SSSR count). The molecule has 0 N–H and O–H groups in total. The Bertz CT molecular complexity index is 303. The Morgan fingerprint density at radius 2 is 1.73 bits per heavy atom. The summed E-state index contributed by atoms with van der Waals surface area (Å²) in [5, 5.41) is 0. The third-order valence-electron chi connectivity index (χ3n) is 3.23. The van der Waals surface area contributed by atoms with Crippen molar-refractivity contribution in [3.63, 3.8) is 0 Å². The number of anilines is 1. The first-order chi connectivity index (χ1) is 7.01. The largest absolute Gasteiger partial charge is 0.497 e. The van der Waals surface area contributed by atoms with E-state index in [0.29, 0.717) is 0 Å². The van der Waals surface area contributed by atoms with Crippen LogP contribution < -0.4 is 9.64 Å². The molecule has 0 saturated carbocycles. The molecular weight excluding hydrogens is 186 g/mol. The van der Waals surface area contributed by atoms with Gasteiger partial charge in [0, 0.05) is 18.3 Å². The van der Waals surface area contributed by atoms with Gasteiger partial charge in [-0.25, -0.2) is 0 Å². The minimum atomic E-state index is 0.189. The molecular formula is C13H21NO. The molecule has 0 bridgehead atoms. The quantitative estimate of drug-likeness (QED) is 0.751. The first-order valence-corrected chi connectivity index (χ1v) is 5.39. The van der Waals surface area contributed by atoms with Crippen LogP contribution in [0.3, 0.4) is 0 Å². The summed E-state index contributed by atoms with van der Waals surface area (Å²) in [6, 6.07) is 8.18. The summed E-state index contributed by atoms with van der Waals surface area (Å²) < 4.78 is 5.14. The Morgan fingerprint density at radius 1 is 1.20 bits per heavy atom. The van der Waals surface area contributed by atoms with Gasteiger partial charge in [0.1, 0.15) is 5.75 Å². The first-order valence-electron chi connectivity index (χ1n) is 5.39. The molecule has 0 aliphatic heterocycles. The Hall–Kier alpha value is -1.18. The third kappa shape index (κ3) is 2.65. The summed E-state index contributed by atoms with van der Waals surface area (Å²) in [6.07, 6.45) is 1.12. The van der Waals surface area contributed by atoms with Gasteiger partial charge in [0.2, 0.25) is 0 Å². The van der Waals surface area contributed by atoms with Crippen LogP contribution in [0.5, 0.6) is 5.75 Å². The van der Waals surface area contributed by atoms with Gasteiger partial charge in [0.25, 0.3) is 0 Å². The Balaban J connectivity index is 2.87. The van der Waals surface area contributed by atoms with E-state index >= 15 is 0 Å². The molecule has 0 amide bonds. The van der Waals surface area contributed by atoms with E-state index in [4.69, 9.17) is 4.74 Å². The van der Waals surface area contributed by atoms with E-state index in [1.54, 1.807) is 7.11 Å². The Labute approximate surface area is 92.9 Å². The smallest absolute Gasteiger partial charge is 0.119 e. The molecule has 0 heterocycles. The van der Waals surface area contributed by atoms with Crippen molar-refractivity contribution < 1.29 is 4.74 Å². The van der Waals surface area contributed by atoms with Gasteiger partial charge < -0.3 is 9.64 Å². The van der Waals surface area contributed by atoms with Crippen molar-refractivity contribution in [3.8, 4) is 5.75 Å². The first kappa shape index (κ1) is 11.9. The van der Waals surface area contributed by atoms with Crippen molar-refractivity contribution >= 4 is 5.69 Å². The summed E-state index contributed by atoms with van der Waals surface area (Å²) in [5.41, 5.74) is 1.41. The highest BCUT2D eigenvalue weighted by atomic mass is 16.5. The monoisotopic (exact) mass is 207 g/mol. The van der Waals surface area contributed by atoms with Gasteiger partial charge in [0.15, 0.2) is 0 Å². The van der Waals surface area contributed by atoms with Gasteiger partial charge in [-0.05, 0) is 44.5 Å². The zero-order chi connectivity index (χ0) is 11.5. The number of rotatable bonds is 4. The van der Waals surface area contributed by atoms with Crippen LogP contribution in [0.2, 0.25) is 0 Å². The average Bonchev–Trinajstić information content (AvgIpc) is 2.28. The highest BCUT2D eigenvalue weighted by Gasteiger charge is 2.21. The van der Waals surface area contributed by atoms with Crippen molar-refractivity contribution in [2.75, 3.05) is 19.1 Å². The van der Waals surface area contributed by atoms with Crippen molar-refractivity contribution in [2.45, 2.75) is 32.7 Å². The molecule has 15 heavy (non-hydrogen) atoms. The fourth-order valence-electron chi connectivity index (χ4n) is 1.39. The summed E-state index contributed by atoms with van der Waals surface area (Å²) >= 11 is 0. The summed E-state index contributed by atoms with van der Waals surface area (Å²) in [5.74, 6) is 0.904. The van der Waals surface area contributed by atoms with Crippen LogP contribution in [-0.2, 0) is 0 Å². The summed E-state index contributed by atoms with van der Waals surface area (Å²) in [4.78, 5) is 2.30. The lowest BCUT2D eigenvalue weighted by molar-refractivity contribution is 0.414. The lowest BCUT2D eigenvalue weighted by atomic mass is 9.99. The Kier molecular flexibility index (Phi) is 3.61. The average molecular weight is 207 g/mol. The highest BCUT2D eigenvalue weighted by molar-refractivity contribution is 5.50. The summed E-state index contributed by atoms with van der Waals surface area (Å²) in [6.45, 7) is 6.70. The van der Waals surface area contributed by atoms with Crippen LogP contribution >= 0.6 is 0 Å². The molecule has 2 heteroatoms. The Morgan fingerprint density at radius 3 is 2.13 bits per heavy atom. The molecule has 0 radical (unpaired) electrons. The third-order valence-corrected chi connectivity index (χ3v) is 3.23. The number of hydrogen-bond acceptors (Lipinski definition) is 2. The minimum Gasteiger partial charge on any atom is -0.497 e. The van der Waals surface area contributed by atoms with Crippen LogP contribution in [0.4, 0.5) is 5.69 Å². The second kappa shape index (κ2) is 4.56. The number of ether oxygens (including phenoxy) is 1. The topological polar surface area (TPSA) is 12.5 Å². The minimum absolute atomic E-state index is 0.189. The summed E-state index contributed by atoms with van der Waals surface area (Å²) in [7, 11) is 3.82.